The Morgan fingerprint density at radius 2 is 1.86 bits per heavy atom. The predicted molar refractivity (Wildman–Crippen MR) is 81.7 cm³/mol. The molecular weight excluding hydrogens is 280 g/mol. The fourth-order valence-electron chi connectivity index (χ4n) is 1.84. The zero-order valence-corrected chi connectivity index (χ0v) is 11.6. The molecule has 0 aromatic heterocycles. The topological polar surface area (TPSA) is 93.4 Å². The van der Waals surface area contributed by atoms with Crippen LogP contribution in [-0.4, -0.2) is 16.1 Å². The van der Waals surface area contributed by atoms with Gasteiger partial charge < -0.3 is 15.5 Å². The van der Waals surface area contributed by atoms with Crippen molar-refractivity contribution in [3.8, 4) is 17.6 Å². The minimum atomic E-state index is -0.917. The van der Waals surface area contributed by atoms with Gasteiger partial charge in [-0.2, -0.15) is 5.26 Å². The fraction of sp³-hybridized carbons (Fsp3) is 0.0588. The highest BCUT2D eigenvalue weighted by molar-refractivity contribution is 5.92. The highest BCUT2D eigenvalue weighted by atomic mass is 16.3. The molecule has 5 nitrogen and oxygen atoms in total. The molecule has 110 valence electrons. The first-order chi connectivity index (χ1) is 10.6. The highest BCUT2D eigenvalue weighted by Crippen LogP contribution is 2.27. The Balaban J connectivity index is 2.07. The van der Waals surface area contributed by atoms with Crippen LogP contribution in [0.25, 0.3) is 6.08 Å². The zero-order valence-electron chi connectivity index (χ0n) is 11.6. The monoisotopic (exact) mass is 294 g/mol. The van der Waals surface area contributed by atoms with E-state index < -0.39 is 11.9 Å². The molecule has 2 aromatic rings. The maximum absolute atomic E-state index is 11.8. The number of hydrogen-bond donors (Lipinski definition) is 3. The van der Waals surface area contributed by atoms with Crippen molar-refractivity contribution in [2.24, 2.45) is 0 Å². The Morgan fingerprint density at radius 1 is 1.14 bits per heavy atom. The molecule has 0 radical (unpaired) electrons. The number of rotatable bonds is 4. The van der Waals surface area contributed by atoms with Crippen LogP contribution in [0, 0.1) is 11.3 Å². The van der Waals surface area contributed by atoms with Crippen LogP contribution < -0.4 is 5.32 Å². The van der Waals surface area contributed by atoms with Crippen molar-refractivity contribution < 1.29 is 15.0 Å². The Morgan fingerprint density at radius 3 is 2.50 bits per heavy atom. The highest BCUT2D eigenvalue weighted by Gasteiger charge is 2.14. The second-order valence-corrected chi connectivity index (χ2v) is 4.56. The van der Waals surface area contributed by atoms with Crippen LogP contribution in [-0.2, 0) is 4.79 Å². The van der Waals surface area contributed by atoms with Gasteiger partial charge in [-0.3, -0.25) is 4.79 Å². The van der Waals surface area contributed by atoms with Crippen molar-refractivity contribution >= 4 is 12.0 Å². The SMILES string of the molecule is N#CC(NC(=O)C=Cc1ccccc1)c1ccc(O)c(O)c1. The van der Waals surface area contributed by atoms with Gasteiger partial charge in [0.1, 0.15) is 6.04 Å². The molecule has 2 rings (SSSR count). The van der Waals surface area contributed by atoms with Crippen LogP contribution in [0.15, 0.2) is 54.6 Å². The zero-order chi connectivity index (χ0) is 15.9. The molecule has 1 amide bonds. The third-order valence-corrected chi connectivity index (χ3v) is 2.98. The Kier molecular flexibility index (Phi) is 4.78. The van der Waals surface area contributed by atoms with Crippen molar-refractivity contribution in [3.63, 3.8) is 0 Å². The number of hydrogen-bond acceptors (Lipinski definition) is 4. The number of phenols is 2. The molecule has 0 saturated heterocycles. The first-order valence-corrected chi connectivity index (χ1v) is 6.55. The maximum Gasteiger partial charge on any atom is 0.245 e. The number of carbonyl (C=O) groups is 1. The molecule has 0 fully saturated rings. The van der Waals surface area contributed by atoms with E-state index in [-0.39, 0.29) is 11.5 Å². The summed E-state index contributed by atoms with van der Waals surface area (Å²) in [5, 5.41) is 30.4. The predicted octanol–water partition coefficient (Wildman–Crippen LogP) is 2.49. The molecule has 0 spiro atoms. The number of carbonyl (C=O) groups excluding carboxylic acids is 1. The summed E-state index contributed by atoms with van der Waals surface area (Å²) in [4.78, 5) is 11.8. The molecule has 0 bridgehead atoms. The summed E-state index contributed by atoms with van der Waals surface area (Å²) in [7, 11) is 0. The number of nitrogens with one attached hydrogen (secondary N) is 1. The number of phenolic OH excluding ortho intramolecular Hbond substituents is 2. The molecule has 2 aromatic carbocycles. The number of benzene rings is 2. The quantitative estimate of drug-likeness (QED) is 0.596. The molecule has 5 heteroatoms. The molecule has 22 heavy (non-hydrogen) atoms. The Bertz CT molecular complexity index is 733. The third-order valence-electron chi connectivity index (χ3n) is 2.98. The van der Waals surface area contributed by atoms with Gasteiger partial charge in [0.25, 0.3) is 0 Å². The van der Waals surface area contributed by atoms with E-state index in [4.69, 9.17) is 5.26 Å². The number of nitrogens with zero attached hydrogens (tertiary/aromatic N) is 1. The van der Waals surface area contributed by atoms with Crippen molar-refractivity contribution in [3.05, 3.63) is 65.7 Å². The number of nitriles is 1. The second-order valence-electron chi connectivity index (χ2n) is 4.56. The van der Waals surface area contributed by atoms with Crippen molar-refractivity contribution in [1.82, 2.24) is 5.32 Å². The summed E-state index contributed by atoms with van der Waals surface area (Å²) in [6.45, 7) is 0. The van der Waals surface area contributed by atoms with E-state index in [0.717, 1.165) is 5.56 Å². The van der Waals surface area contributed by atoms with Gasteiger partial charge in [0.15, 0.2) is 11.5 Å². The van der Waals surface area contributed by atoms with E-state index in [2.05, 4.69) is 5.32 Å². The summed E-state index contributed by atoms with van der Waals surface area (Å²) in [5.41, 5.74) is 1.26. The van der Waals surface area contributed by atoms with Gasteiger partial charge >= 0.3 is 0 Å². The number of aromatic hydroxyl groups is 2. The van der Waals surface area contributed by atoms with E-state index in [1.807, 2.05) is 36.4 Å². The summed E-state index contributed by atoms with van der Waals surface area (Å²) >= 11 is 0. The first-order valence-electron chi connectivity index (χ1n) is 6.55. The molecule has 1 unspecified atom stereocenters. The van der Waals surface area contributed by atoms with Crippen molar-refractivity contribution in [2.75, 3.05) is 0 Å². The summed E-state index contributed by atoms with van der Waals surface area (Å²) in [6.07, 6.45) is 2.97. The van der Waals surface area contributed by atoms with Gasteiger partial charge in [0.2, 0.25) is 5.91 Å². The van der Waals surface area contributed by atoms with E-state index in [1.165, 1.54) is 24.3 Å². The van der Waals surface area contributed by atoms with Gasteiger partial charge in [0, 0.05) is 6.08 Å². The summed E-state index contributed by atoms with van der Waals surface area (Å²) in [5.74, 6) is -1.05. The standard InChI is InChI=1S/C17H14N2O3/c18-11-14(13-7-8-15(20)16(21)10-13)19-17(22)9-6-12-4-2-1-3-5-12/h1-10,14,20-21H,(H,19,22). The van der Waals surface area contributed by atoms with Crippen LogP contribution in [0.5, 0.6) is 11.5 Å². The first kappa shape index (κ1) is 15.1. The maximum atomic E-state index is 11.8. The van der Waals surface area contributed by atoms with Crippen LogP contribution in [0.2, 0.25) is 0 Å². The normalized spacial score (nSPS) is 11.8. The molecular formula is C17H14N2O3. The van der Waals surface area contributed by atoms with Gasteiger partial charge in [-0.25, -0.2) is 0 Å². The molecule has 0 aliphatic heterocycles. The van der Waals surface area contributed by atoms with E-state index in [9.17, 15) is 15.0 Å². The Labute approximate surface area is 127 Å². The minimum Gasteiger partial charge on any atom is -0.504 e. The average molecular weight is 294 g/mol. The average Bonchev–Trinajstić information content (AvgIpc) is 2.54. The lowest BCUT2D eigenvalue weighted by molar-refractivity contribution is -0.116. The van der Waals surface area contributed by atoms with E-state index in [0.29, 0.717) is 5.56 Å². The van der Waals surface area contributed by atoms with Crippen LogP contribution in [0.3, 0.4) is 0 Å². The molecule has 0 aliphatic carbocycles. The summed E-state index contributed by atoms with van der Waals surface area (Å²) < 4.78 is 0. The second kappa shape index (κ2) is 6.95. The molecule has 0 saturated carbocycles. The molecule has 0 heterocycles. The third kappa shape index (κ3) is 3.87. The smallest absolute Gasteiger partial charge is 0.245 e. The lowest BCUT2D eigenvalue weighted by Crippen LogP contribution is -2.25. The molecule has 1 atom stereocenters. The molecule has 3 N–H and O–H groups in total. The van der Waals surface area contributed by atoms with Gasteiger partial charge in [-0.1, -0.05) is 36.4 Å². The summed E-state index contributed by atoms with van der Waals surface area (Å²) in [6, 6.07) is 14.3. The minimum absolute atomic E-state index is 0.282. The largest absolute Gasteiger partial charge is 0.504 e. The Hall–Kier alpha value is -3.26. The van der Waals surface area contributed by atoms with Gasteiger partial charge in [-0.15, -0.1) is 0 Å². The van der Waals surface area contributed by atoms with E-state index in [1.54, 1.807) is 6.08 Å². The lowest BCUT2D eigenvalue weighted by atomic mass is 10.1. The molecule has 0 aliphatic rings. The number of amides is 1. The van der Waals surface area contributed by atoms with Crippen LogP contribution >= 0.6 is 0 Å². The fourth-order valence-corrected chi connectivity index (χ4v) is 1.84. The van der Waals surface area contributed by atoms with Crippen molar-refractivity contribution in [2.45, 2.75) is 6.04 Å². The van der Waals surface area contributed by atoms with Crippen LogP contribution in [0.1, 0.15) is 17.2 Å². The van der Waals surface area contributed by atoms with Crippen molar-refractivity contribution in [1.29, 1.82) is 5.26 Å². The van der Waals surface area contributed by atoms with Gasteiger partial charge in [-0.05, 0) is 29.3 Å². The van der Waals surface area contributed by atoms with E-state index >= 15 is 0 Å². The van der Waals surface area contributed by atoms with Crippen LogP contribution in [0.4, 0.5) is 0 Å². The van der Waals surface area contributed by atoms with Gasteiger partial charge in [0.05, 0.1) is 6.07 Å². The lowest BCUT2D eigenvalue weighted by Gasteiger charge is -2.11.